The van der Waals surface area contributed by atoms with Gasteiger partial charge in [0, 0.05) is 36.3 Å². The maximum Gasteiger partial charge on any atom is 0.257 e. The molecule has 2 aromatic carbocycles. The van der Waals surface area contributed by atoms with Crippen molar-refractivity contribution in [3.63, 3.8) is 0 Å². The van der Waals surface area contributed by atoms with Crippen molar-refractivity contribution >= 4 is 28.7 Å². The average molecular weight is 378 g/mol. The van der Waals surface area contributed by atoms with Crippen LogP contribution in [0.25, 0.3) is 0 Å². The normalized spacial score (nSPS) is 10.4. The summed E-state index contributed by atoms with van der Waals surface area (Å²) in [4.78, 5) is 18.8. The van der Waals surface area contributed by atoms with Crippen LogP contribution in [0.1, 0.15) is 24.2 Å². The van der Waals surface area contributed by atoms with Gasteiger partial charge in [-0.3, -0.25) is 9.78 Å². The third-order valence-electron chi connectivity index (χ3n) is 4.37. The van der Waals surface area contributed by atoms with Gasteiger partial charge in [0.25, 0.3) is 5.91 Å². The number of anilines is 4. The molecule has 0 saturated carbocycles. The first-order chi connectivity index (χ1) is 13.6. The van der Waals surface area contributed by atoms with E-state index in [-0.39, 0.29) is 5.91 Å². The molecule has 0 fully saturated rings. The highest BCUT2D eigenvalue weighted by molar-refractivity contribution is 6.04. The molecule has 144 valence electrons. The number of amides is 1. The van der Waals surface area contributed by atoms with Gasteiger partial charge >= 0.3 is 0 Å². The molecule has 2 N–H and O–H groups in total. The average Bonchev–Trinajstić information content (AvgIpc) is 2.70. The lowest BCUT2D eigenvalue weighted by molar-refractivity contribution is 0.102. The van der Waals surface area contributed by atoms with E-state index in [1.54, 1.807) is 24.4 Å². The lowest BCUT2D eigenvalue weighted by Crippen LogP contribution is -2.21. The molecule has 0 radical (unpaired) electrons. The van der Waals surface area contributed by atoms with Crippen molar-refractivity contribution in [3.8, 4) is 0 Å². The lowest BCUT2D eigenvalue weighted by atomic mass is 10.2. The molecule has 0 bridgehead atoms. The predicted octanol–water partition coefficient (Wildman–Crippen LogP) is 5.06. The van der Waals surface area contributed by atoms with E-state index in [0.717, 1.165) is 24.5 Å². The smallest absolute Gasteiger partial charge is 0.257 e. The monoisotopic (exact) mass is 378 g/mol. The van der Waals surface area contributed by atoms with Crippen LogP contribution in [0, 0.1) is 5.82 Å². The van der Waals surface area contributed by atoms with Crippen LogP contribution in [0.3, 0.4) is 0 Å². The van der Waals surface area contributed by atoms with Crippen LogP contribution in [0.15, 0.2) is 67.0 Å². The van der Waals surface area contributed by atoms with Crippen LogP contribution in [0.2, 0.25) is 0 Å². The molecule has 3 rings (SSSR count). The lowest BCUT2D eigenvalue weighted by Gasteiger charge is -2.21. The van der Waals surface area contributed by atoms with E-state index >= 15 is 0 Å². The van der Waals surface area contributed by atoms with Gasteiger partial charge in [-0.2, -0.15) is 0 Å². The Balaban J connectivity index is 1.70. The summed E-state index contributed by atoms with van der Waals surface area (Å²) in [5, 5.41) is 5.92. The van der Waals surface area contributed by atoms with Crippen molar-refractivity contribution in [1.29, 1.82) is 0 Å². The van der Waals surface area contributed by atoms with Gasteiger partial charge in [-0.15, -0.1) is 0 Å². The van der Waals surface area contributed by atoms with E-state index in [1.165, 1.54) is 18.3 Å². The summed E-state index contributed by atoms with van der Waals surface area (Å²) in [6.45, 7) is 6.16. The third-order valence-corrected chi connectivity index (χ3v) is 4.37. The second kappa shape index (κ2) is 8.99. The third kappa shape index (κ3) is 4.85. The molecule has 0 spiro atoms. The van der Waals surface area contributed by atoms with Gasteiger partial charge in [0.2, 0.25) is 0 Å². The molecular formula is C22H23FN4O. The highest BCUT2D eigenvalue weighted by Crippen LogP contribution is 2.21. The summed E-state index contributed by atoms with van der Waals surface area (Å²) in [5.41, 5.74) is 3.55. The number of benzene rings is 2. The van der Waals surface area contributed by atoms with E-state index in [4.69, 9.17) is 0 Å². The SMILES string of the molecule is CCN(CC)c1ccc(Nc2cncc(C(=O)Nc3cccc(F)c3)c2)cc1. The van der Waals surface area contributed by atoms with E-state index in [1.807, 2.05) is 12.1 Å². The Bertz CT molecular complexity index is 939. The Kier molecular flexibility index (Phi) is 6.22. The van der Waals surface area contributed by atoms with Crippen LogP contribution in [-0.2, 0) is 0 Å². The van der Waals surface area contributed by atoms with Crippen LogP contribution < -0.4 is 15.5 Å². The van der Waals surface area contributed by atoms with Crippen LogP contribution in [-0.4, -0.2) is 24.0 Å². The topological polar surface area (TPSA) is 57.3 Å². The Morgan fingerprint density at radius 2 is 1.71 bits per heavy atom. The second-order valence-corrected chi connectivity index (χ2v) is 6.27. The molecule has 0 unspecified atom stereocenters. The maximum atomic E-state index is 13.3. The van der Waals surface area contributed by atoms with Crippen LogP contribution in [0.4, 0.5) is 27.1 Å². The van der Waals surface area contributed by atoms with E-state index in [9.17, 15) is 9.18 Å². The molecule has 0 aliphatic rings. The predicted molar refractivity (Wildman–Crippen MR) is 112 cm³/mol. The van der Waals surface area contributed by atoms with Crippen molar-refractivity contribution in [2.75, 3.05) is 28.6 Å². The number of nitrogens with zero attached hydrogens (tertiary/aromatic N) is 2. The number of hydrogen-bond acceptors (Lipinski definition) is 4. The number of carbonyl (C=O) groups is 1. The number of hydrogen-bond donors (Lipinski definition) is 2. The summed E-state index contributed by atoms with van der Waals surface area (Å²) in [6, 6.07) is 15.6. The molecule has 5 nitrogen and oxygen atoms in total. The summed E-state index contributed by atoms with van der Waals surface area (Å²) >= 11 is 0. The van der Waals surface area contributed by atoms with E-state index in [0.29, 0.717) is 16.9 Å². The van der Waals surface area contributed by atoms with Crippen LogP contribution >= 0.6 is 0 Å². The minimum absolute atomic E-state index is 0.348. The van der Waals surface area contributed by atoms with Gasteiger partial charge in [0.15, 0.2) is 0 Å². The number of aromatic nitrogens is 1. The standard InChI is InChI=1S/C22H23FN4O/c1-3-27(4-2)21-10-8-18(9-11-21)25-20-12-16(14-24-15-20)22(28)26-19-7-5-6-17(23)13-19/h5-15,25H,3-4H2,1-2H3,(H,26,28). The zero-order valence-electron chi connectivity index (χ0n) is 15.9. The zero-order valence-corrected chi connectivity index (χ0v) is 15.9. The molecule has 28 heavy (non-hydrogen) atoms. The van der Waals surface area contributed by atoms with E-state index in [2.05, 4.69) is 46.5 Å². The first-order valence-electron chi connectivity index (χ1n) is 9.23. The number of carbonyl (C=O) groups excluding carboxylic acids is 1. The molecule has 0 aliphatic carbocycles. The maximum absolute atomic E-state index is 13.3. The molecule has 6 heteroatoms. The highest BCUT2D eigenvalue weighted by atomic mass is 19.1. The van der Waals surface area contributed by atoms with Gasteiger partial charge in [-0.1, -0.05) is 6.07 Å². The molecule has 3 aromatic rings. The number of rotatable bonds is 7. The molecule has 1 heterocycles. The van der Waals surface area contributed by atoms with E-state index < -0.39 is 5.82 Å². The fourth-order valence-electron chi connectivity index (χ4n) is 2.91. The van der Waals surface area contributed by atoms with Gasteiger partial charge in [0.05, 0.1) is 17.4 Å². The minimum Gasteiger partial charge on any atom is -0.372 e. The van der Waals surface area contributed by atoms with Gasteiger partial charge in [-0.25, -0.2) is 4.39 Å². The Morgan fingerprint density at radius 1 is 0.964 bits per heavy atom. The molecule has 0 saturated heterocycles. The summed E-state index contributed by atoms with van der Waals surface area (Å²) in [6.07, 6.45) is 3.13. The zero-order chi connectivity index (χ0) is 19.9. The van der Waals surface area contributed by atoms with Crippen molar-refractivity contribution in [1.82, 2.24) is 4.98 Å². The first-order valence-corrected chi connectivity index (χ1v) is 9.23. The molecule has 0 aliphatic heterocycles. The summed E-state index contributed by atoms with van der Waals surface area (Å²) in [7, 11) is 0. The number of nitrogens with one attached hydrogen (secondary N) is 2. The molecule has 0 atom stereocenters. The fourth-order valence-corrected chi connectivity index (χ4v) is 2.91. The minimum atomic E-state index is -0.403. The first kappa shape index (κ1) is 19.4. The number of halogens is 1. The molecule has 1 aromatic heterocycles. The largest absolute Gasteiger partial charge is 0.372 e. The van der Waals surface area contributed by atoms with Crippen molar-refractivity contribution in [3.05, 3.63) is 78.4 Å². The summed E-state index contributed by atoms with van der Waals surface area (Å²) < 4.78 is 13.3. The Labute approximate surface area is 164 Å². The quantitative estimate of drug-likeness (QED) is 0.603. The van der Waals surface area contributed by atoms with Crippen molar-refractivity contribution in [2.45, 2.75) is 13.8 Å². The molecular weight excluding hydrogens is 355 g/mol. The van der Waals surface area contributed by atoms with Crippen molar-refractivity contribution < 1.29 is 9.18 Å². The summed E-state index contributed by atoms with van der Waals surface area (Å²) in [5.74, 6) is -0.752. The van der Waals surface area contributed by atoms with Gasteiger partial charge in [0.1, 0.15) is 5.82 Å². The highest BCUT2D eigenvalue weighted by Gasteiger charge is 2.09. The van der Waals surface area contributed by atoms with Gasteiger partial charge < -0.3 is 15.5 Å². The van der Waals surface area contributed by atoms with Crippen LogP contribution in [0.5, 0.6) is 0 Å². The fraction of sp³-hybridized carbons (Fsp3) is 0.182. The number of pyridine rings is 1. The Hall–Kier alpha value is -3.41. The Morgan fingerprint density at radius 3 is 2.39 bits per heavy atom. The van der Waals surface area contributed by atoms with Crippen molar-refractivity contribution in [2.24, 2.45) is 0 Å². The molecule has 1 amide bonds. The van der Waals surface area contributed by atoms with Gasteiger partial charge in [-0.05, 0) is 62.4 Å². The second-order valence-electron chi connectivity index (χ2n) is 6.27.